The minimum atomic E-state index is -0.749. The SMILES string of the molecule is Cc1c(-c2cc(-c3ccc(OC(C)C)c(Cl)c3)n[nH]2)ccc2c1CCN(CCC(=O)O)C2. The molecule has 2 N–H and O–H groups in total. The smallest absolute Gasteiger partial charge is 0.304 e. The highest BCUT2D eigenvalue weighted by atomic mass is 35.5. The van der Waals surface area contributed by atoms with E-state index in [-0.39, 0.29) is 12.5 Å². The first-order valence-corrected chi connectivity index (χ1v) is 11.3. The third-order valence-electron chi connectivity index (χ3n) is 5.87. The largest absolute Gasteiger partial charge is 0.489 e. The highest BCUT2D eigenvalue weighted by Gasteiger charge is 2.21. The molecule has 7 heteroatoms. The summed E-state index contributed by atoms with van der Waals surface area (Å²) in [5, 5.41) is 17.2. The van der Waals surface area contributed by atoms with Crippen LogP contribution < -0.4 is 4.74 Å². The molecule has 0 aliphatic carbocycles. The van der Waals surface area contributed by atoms with E-state index < -0.39 is 5.97 Å². The van der Waals surface area contributed by atoms with Crippen molar-refractivity contribution in [3.8, 4) is 28.3 Å². The number of carboxylic acid groups (broad SMARTS) is 1. The van der Waals surface area contributed by atoms with Crippen molar-refractivity contribution in [3.05, 3.63) is 58.1 Å². The quantitative estimate of drug-likeness (QED) is 0.505. The summed E-state index contributed by atoms with van der Waals surface area (Å²) in [6.07, 6.45) is 1.16. The van der Waals surface area contributed by atoms with Crippen LogP contribution in [0.5, 0.6) is 5.75 Å². The fourth-order valence-electron chi connectivity index (χ4n) is 4.25. The number of carboxylic acids is 1. The molecule has 2 aromatic carbocycles. The normalized spacial score (nSPS) is 13.9. The second kappa shape index (κ2) is 9.35. The second-order valence-electron chi connectivity index (χ2n) is 8.52. The molecule has 0 bridgehead atoms. The van der Waals surface area contributed by atoms with Crippen LogP contribution in [0.2, 0.25) is 5.02 Å². The topological polar surface area (TPSA) is 78.5 Å². The van der Waals surface area contributed by atoms with Crippen LogP contribution in [0.4, 0.5) is 0 Å². The molecule has 3 aromatic rings. The molecule has 0 radical (unpaired) electrons. The molecule has 0 saturated carbocycles. The summed E-state index contributed by atoms with van der Waals surface area (Å²) in [5.41, 5.74) is 7.72. The van der Waals surface area contributed by atoms with Crippen LogP contribution in [0, 0.1) is 6.92 Å². The lowest BCUT2D eigenvalue weighted by Gasteiger charge is -2.30. The Morgan fingerprint density at radius 1 is 1.28 bits per heavy atom. The number of carbonyl (C=O) groups is 1. The molecular weight excluding hydrogens is 426 g/mol. The van der Waals surface area contributed by atoms with Gasteiger partial charge in [-0.2, -0.15) is 5.10 Å². The van der Waals surface area contributed by atoms with E-state index in [4.69, 9.17) is 21.4 Å². The minimum Gasteiger partial charge on any atom is -0.489 e. The Bertz CT molecular complexity index is 1140. The van der Waals surface area contributed by atoms with Crippen LogP contribution in [-0.4, -0.2) is 45.4 Å². The molecule has 0 fully saturated rings. The highest BCUT2D eigenvalue weighted by molar-refractivity contribution is 6.32. The Morgan fingerprint density at radius 2 is 2.09 bits per heavy atom. The van der Waals surface area contributed by atoms with E-state index >= 15 is 0 Å². The van der Waals surface area contributed by atoms with Crippen molar-refractivity contribution in [1.29, 1.82) is 0 Å². The van der Waals surface area contributed by atoms with E-state index in [1.54, 1.807) is 0 Å². The zero-order valence-corrected chi connectivity index (χ0v) is 19.4. The van der Waals surface area contributed by atoms with Crippen LogP contribution in [-0.2, 0) is 17.8 Å². The van der Waals surface area contributed by atoms with Gasteiger partial charge in [0.05, 0.1) is 28.9 Å². The number of nitrogens with zero attached hydrogens (tertiary/aromatic N) is 2. The van der Waals surface area contributed by atoms with Gasteiger partial charge in [0.2, 0.25) is 0 Å². The lowest BCUT2D eigenvalue weighted by molar-refractivity contribution is -0.137. The molecular formula is C25H28ClN3O3. The maximum atomic E-state index is 10.9. The van der Waals surface area contributed by atoms with Gasteiger partial charge in [-0.05, 0) is 68.1 Å². The lowest BCUT2D eigenvalue weighted by atomic mass is 9.90. The zero-order chi connectivity index (χ0) is 22.8. The predicted molar refractivity (Wildman–Crippen MR) is 126 cm³/mol. The zero-order valence-electron chi connectivity index (χ0n) is 18.6. The van der Waals surface area contributed by atoms with Gasteiger partial charge in [-0.3, -0.25) is 14.8 Å². The summed E-state index contributed by atoms with van der Waals surface area (Å²) in [4.78, 5) is 13.1. The molecule has 6 nitrogen and oxygen atoms in total. The number of aliphatic carboxylic acids is 1. The first-order valence-electron chi connectivity index (χ1n) is 10.9. The van der Waals surface area contributed by atoms with Crippen LogP contribution in [0.25, 0.3) is 22.5 Å². The van der Waals surface area contributed by atoms with E-state index in [9.17, 15) is 4.79 Å². The number of hydrogen-bond acceptors (Lipinski definition) is 4. The van der Waals surface area contributed by atoms with E-state index in [0.717, 1.165) is 42.0 Å². The van der Waals surface area contributed by atoms with Crippen molar-refractivity contribution in [2.24, 2.45) is 0 Å². The third-order valence-corrected chi connectivity index (χ3v) is 6.16. The average Bonchev–Trinajstić information content (AvgIpc) is 3.23. The van der Waals surface area contributed by atoms with Crippen LogP contribution >= 0.6 is 11.6 Å². The highest BCUT2D eigenvalue weighted by Crippen LogP contribution is 2.34. The molecule has 2 heterocycles. The Balaban J connectivity index is 1.55. The number of hydrogen-bond donors (Lipinski definition) is 2. The average molecular weight is 454 g/mol. The van der Waals surface area contributed by atoms with E-state index in [2.05, 4.69) is 34.2 Å². The summed E-state index contributed by atoms with van der Waals surface area (Å²) >= 11 is 6.40. The third kappa shape index (κ3) is 4.81. The molecule has 0 amide bonds. The number of rotatable bonds is 7. The maximum Gasteiger partial charge on any atom is 0.304 e. The summed E-state index contributed by atoms with van der Waals surface area (Å²) < 4.78 is 5.72. The molecule has 1 aliphatic rings. The summed E-state index contributed by atoms with van der Waals surface area (Å²) in [7, 11) is 0. The number of nitrogens with one attached hydrogen (secondary N) is 1. The van der Waals surface area contributed by atoms with Gasteiger partial charge >= 0.3 is 5.97 Å². The van der Waals surface area contributed by atoms with E-state index in [1.165, 1.54) is 16.7 Å². The molecule has 0 atom stereocenters. The molecule has 0 unspecified atom stereocenters. The number of benzene rings is 2. The van der Waals surface area contributed by atoms with Crippen LogP contribution in [0.3, 0.4) is 0 Å². The minimum absolute atomic E-state index is 0.0616. The Kier molecular flexibility index (Phi) is 6.53. The lowest BCUT2D eigenvalue weighted by Crippen LogP contribution is -2.32. The Morgan fingerprint density at radius 3 is 2.81 bits per heavy atom. The van der Waals surface area contributed by atoms with Gasteiger partial charge < -0.3 is 9.84 Å². The van der Waals surface area contributed by atoms with Crippen molar-refractivity contribution in [1.82, 2.24) is 15.1 Å². The van der Waals surface area contributed by atoms with Gasteiger partial charge in [0.1, 0.15) is 5.75 Å². The van der Waals surface area contributed by atoms with Gasteiger partial charge in [0, 0.05) is 30.8 Å². The van der Waals surface area contributed by atoms with Gasteiger partial charge in [0.25, 0.3) is 0 Å². The number of ether oxygens (including phenoxy) is 1. The molecule has 32 heavy (non-hydrogen) atoms. The predicted octanol–water partition coefficient (Wildman–Crippen LogP) is 5.33. The van der Waals surface area contributed by atoms with Crippen molar-refractivity contribution >= 4 is 17.6 Å². The fraction of sp³-hybridized carbons (Fsp3) is 0.360. The number of aromatic amines is 1. The van der Waals surface area contributed by atoms with Gasteiger partial charge in [-0.25, -0.2) is 0 Å². The van der Waals surface area contributed by atoms with Gasteiger partial charge in [-0.1, -0.05) is 23.7 Å². The van der Waals surface area contributed by atoms with Crippen molar-refractivity contribution < 1.29 is 14.6 Å². The number of halogens is 1. The number of fused-ring (bicyclic) bond motifs is 1. The molecule has 0 saturated heterocycles. The Labute approximate surface area is 193 Å². The molecule has 1 aromatic heterocycles. The molecule has 4 rings (SSSR count). The standard InChI is InChI=1S/C25H28ClN3O3/c1-15(2)32-24-7-5-17(12-21(24)26)22-13-23(28-27-22)20-6-4-18-14-29(11-9-25(30)31)10-8-19(18)16(20)3/h4-7,12-13,15H,8-11,14H2,1-3H3,(H,27,28)(H,30,31). The Hall–Kier alpha value is -2.83. The molecule has 168 valence electrons. The summed E-state index contributed by atoms with van der Waals surface area (Å²) in [5.74, 6) is -0.0788. The van der Waals surface area contributed by atoms with Gasteiger partial charge in [-0.15, -0.1) is 0 Å². The maximum absolute atomic E-state index is 10.9. The molecule has 1 aliphatic heterocycles. The van der Waals surface area contributed by atoms with Crippen molar-refractivity contribution in [3.63, 3.8) is 0 Å². The van der Waals surface area contributed by atoms with Crippen LogP contribution in [0.1, 0.15) is 37.0 Å². The first-order chi connectivity index (χ1) is 15.3. The van der Waals surface area contributed by atoms with E-state index in [1.807, 2.05) is 38.1 Å². The van der Waals surface area contributed by atoms with E-state index in [0.29, 0.717) is 17.3 Å². The van der Waals surface area contributed by atoms with Crippen LogP contribution in [0.15, 0.2) is 36.4 Å². The monoisotopic (exact) mass is 453 g/mol. The summed E-state index contributed by atoms with van der Waals surface area (Å²) in [6.45, 7) is 8.35. The number of aromatic nitrogens is 2. The fourth-order valence-corrected chi connectivity index (χ4v) is 4.48. The number of H-pyrrole nitrogens is 1. The molecule has 0 spiro atoms. The second-order valence-corrected chi connectivity index (χ2v) is 8.93. The van der Waals surface area contributed by atoms with Crippen molar-refractivity contribution in [2.45, 2.75) is 46.3 Å². The van der Waals surface area contributed by atoms with Crippen molar-refractivity contribution in [2.75, 3.05) is 13.1 Å². The van der Waals surface area contributed by atoms with Gasteiger partial charge in [0.15, 0.2) is 0 Å². The summed E-state index contributed by atoms with van der Waals surface area (Å²) in [6, 6.07) is 12.1. The first kappa shape index (κ1) is 22.4.